The highest BCUT2D eigenvalue weighted by Gasteiger charge is 2.23. The van der Waals surface area contributed by atoms with Gasteiger partial charge in [-0.1, -0.05) is 6.07 Å². The average molecular weight is 301 g/mol. The number of carbonyl (C=O) groups excluding carboxylic acids is 1. The molecule has 116 valence electrons. The molecular weight excluding hydrogens is 282 g/mol. The summed E-state index contributed by atoms with van der Waals surface area (Å²) in [6.45, 7) is 3.65. The molecule has 1 fully saturated rings. The molecule has 6 nitrogen and oxygen atoms in total. The smallest absolute Gasteiger partial charge is 0.254 e. The van der Waals surface area contributed by atoms with Crippen molar-refractivity contribution < 1.29 is 13.9 Å². The fourth-order valence-electron chi connectivity index (χ4n) is 2.61. The van der Waals surface area contributed by atoms with Crippen LogP contribution in [0.25, 0.3) is 0 Å². The van der Waals surface area contributed by atoms with Gasteiger partial charge in [0.05, 0.1) is 31.1 Å². The van der Waals surface area contributed by atoms with E-state index in [4.69, 9.17) is 9.15 Å². The predicted molar refractivity (Wildman–Crippen MR) is 80.4 cm³/mol. The molecule has 0 aromatic carbocycles. The lowest BCUT2D eigenvalue weighted by atomic mass is 10.1. The fourth-order valence-corrected chi connectivity index (χ4v) is 2.61. The molecule has 6 heteroatoms. The summed E-state index contributed by atoms with van der Waals surface area (Å²) in [6.07, 6.45) is 6.55. The summed E-state index contributed by atoms with van der Waals surface area (Å²) >= 11 is 0. The number of amides is 1. The van der Waals surface area contributed by atoms with Crippen LogP contribution in [0.2, 0.25) is 0 Å². The molecular formula is C16H19N3O3. The van der Waals surface area contributed by atoms with Crippen molar-refractivity contribution in [1.82, 2.24) is 15.2 Å². The summed E-state index contributed by atoms with van der Waals surface area (Å²) in [5, 5.41) is 2.97. The molecule has 0 radical (unpaired) electrons. The van der Waals surface area contributed by atoms with E-state index in [0.29, 0.717) is 25.3 Å². The predicted octanol–water partition coefficient (Wildman–Crippen LogP) is 1.48. The molecule has 0 unspecified atom stereocenters. The number of ether oxygens (including phenoxy) is 1. The lowest BCUT2D eigenvalue weighted by Crippen LogP contribution is -2.43. The van der Waals surface area contributed by atoms with Crippen molar-refractivity contribution in [2.45, 2.75) is 6.04 Å². The van der Waals surface area contributed by atoms with Gasteiger partial charge in [0.25, 0.3) is 5.91 Å². The van der Waals surface area contributed by atoms with Crippen LogP contribution >= 0.6 is 0 Å². The molecule has 2 aromatic heterocycles. The Labute approximate surface area is 129 Å². The molecule has 1 N–H and O–H groups in total. The van der Waals surface area contributed by atoms with Gasteiger partial charge in [-0.2, -0.15) is 0 Å². The maximum atomic E-state index is 12.1. The molecule has 1 amide bonds. The van der Waals surface area contributed by atoms with Gasteiger partial charge in [0, 0.05) is 32.0 Å². The number of furan rings is 1. The maximum absolute atomic E-state index is 12.1. The Balaban J connectivity index is 1.69. The van der Waals surface area contributed by atoms with Crippen LogP contribution in [-0.4, -0.2) is 48.6 Å². The number of morpholine rings is 1. The number of hydrogen-bond donors (Lipinski definition) is 1. The van der Waals surface area contributed by atoms with Gasteiger partial charge in [0.2, 0.25) is 0 Å². The minimum atomic E-state index is -0.129. The molecule has 3 heterocycles. The summed E-state index contributed by atoms with van der Waals surface area (Å²) in [5.41, 5.74) is 1.63. The summed E-state index contributed by atoms with van der Waals surface area (Å²) < 4.78 is 10.4. The molecule has 22 heavy (non-hydrogen) atoms. The number of rotatable bonds is 5. The minimum Gasteiger partial charge on any atom is -0.472 e. The van der Waals surface area contributed by atoms with Crippen LogP contribution < -0.4 is 5.32 Å². The molecule has 1 atom stereocenters. The van der Waals surface area contributed by atoms with Crippen molar-refractivity contribution in [3.8, 4) is 0 Å². The van der Waals surface area contributed by atoms with Crippen molar-refractivity contribution >= 4 is 5.91 Å². The Morgan fingerprint density at radius 2 is 2.23 bits per heavy atom. The van der Waals surface area contributed by atoms with Gasteiger partial charge in [-0.3, -0.25) is 14.7 Å². The number of nitrogens with zero attached hydrogens (tertiary/aromatic N) is 2. The fraction of sp³-hybridized carbons (Fsp3) is 0.375. The molecule has 0 spiro atoms. The Hall–Kier alpha value is -2.18. The van der Waals surface area contributed by atoms with Crippen molar-refractivity contribution in [3.05, 3.63) is 54.2 Å². The van der Waals surface area contributed by atoms with Gasteiger partial charge in [-0.15, -0.1) is 0 Å². The second-order valence-corrected chi connectivity index (χ2v) is 5.17. The quantitative estimate of drug-likeness (QED) is 0.906. The summed E-state index contributed by atoms with van der Waals surface area (Å²) in [6, 6.07) is 5.70. The second kappa shape index (κ2) is 7.20. The van der Waals surface area contributed by atoms with Gasteiger partial charge in [-0.05, 0) is 17.7 Å². The van der Waals surface area contributed by atoms with Crippen molar-refractivity contribution in [1.29, 1.82) is 0 Å². The molecule has 0 aliphatic carbocycles. The van der Waals surface area contributed by atoms with E-state index in [-0.39, 0.29) is 11.9 Å². The van der Waals surface area contributed by atoms with Crippen LogP contribution in [0.5, 0.6) is 0 Å². The Bertz CT molecular complexity index is 580. The van der Waals surface area contributed by atoms with Crippen molar-refractivity contribution in [3.63, 3.8) is 0 Å². The summed E-state index contributed by atoms with van der Waals surface area (Å²) in [7, 11) is 0. The Morgan fingerprint density at radius 1 is 1.36 bits per heavy atom. The number of pyridine rings is 1. The van der Waals surface area contributed by atoms with Gasteiger partial charge in [0.1, 0.15) is 6.26 Å². The minimum absolute atomic E-state index is 0.0912. The van der Waals surface area contributed by atoms with Crippen LogP contribution in [0, 0.1) is 0 Å². The van der Waals surface area contributed by atoms with Crippen LogP contribution in [-0.2, 0) is 4.74 Å². The molecule has 2 aromatic rings. The zero-order valence-corrected chi connectivity index (χ0v) is 12.3. The topological polar surface area (TPSA) is 67.6 Å². The standard InChI is InChI=1S/C16H19N3O3/c20-16(14-3-7-22-12-14)18-11-15(13-2-1-4-17-10-13)19-5-8-21-9-6-19/h1-4,7,10,12,15H,5-6,8-9,11H2,(H,18,20)/t15-/m0/s1. The van der Waals surface area contributed by atoms with E-state index in [1.54, 1.807) is 12.3 Å². The van der Waals surface area contributed by atoms with Gasteiger partial charge in [0.15, 0.2) is 0 Å². The van der Waals surface area contributed by atoms with Gasteiger partial charge < -0.3 is 14.5 Å². The zero-order valence-electron chi connectivity index (χ0n) is 12.3. The van der Waals surface area contributed by atoms with E-state index < -0.39 is 0 Å². The highest BCUT2D eigenvalue weighted by molar-refractivity contribution is 5.93. The normalized spacial score (nSPS) is 17.1. The summed E-state index contributed by atoms with van der Waals surface area (Å²) in [5.74, 6) is -0.129. The Morgan fingerprint density at radius 3 is 2.91 bits per heavy atom. The van der Waals surface area contributed by atoms with E-state index in [2.05, 4.69) is 15.2 Å². The first-order chi connectivity index (χ1) is 10.8. The van der Waals surface area contributed by atoms with Gasteiger partial charge in [-0.25, -0.2) is 0 Å². The zero-order chi connectivity index (χ0) is 15.2. The van der Waals surface area contributed by atoms with Crippen molar-refractivity contribution in [2.75, 3.05) is 32.8 Å². The van der Waals surface area contributed by atoms with Crippen LogP contribution in [0.3, 0.4) is 0 Å². The van der Waals surface area contributed by atoms with Gasteiger partial charge >= 0.3 is 0 Å². The third-order valence-electron chi connectivity index (χ3n) is 3.79. The monoisotopic (exact) mass is 301 g/mol. The van der Waals surface area contributed by atoms with E-state index in [1.165, 1.54) is 12.5 Å². The van der Waals surface area contributed by atoms with E-state index in [1.807, 2.05) is 18.3 Å². The van der Waals surface area contributed by atoms with E-state index in [0.717, 1.165) is 18.7 Å². The maximum Gasteiger partial charge on any atom is 0.254 e. The van der Waals surface area contributed by atoms with Crippen LogP contribution in [0.1, 0.15) is 22.0 Å². The lowest BCUT2D eigenvalue weighted by molar-refractivity contribution is 0.0161. The molecule has 3 rings (SSSR count). The lowest BCUT2D eigenvalue weighted by Gasteiger charge is -2.34. The highest BCUT2D eigenvalue weighted by Crippen LogP contribution is 2.20. The third-order valence-corrected chi connectivity index (χ3v) is 3.79. The van der Waals surface area contributed by atoms with E-state index >= 15 is 0 Å². The number of aromatic nitrogens is 1. The molecule has 1 aliphatic rings. The van der Waals surface area contributed by atoms with Crippen molar-refractivity contribution in [2.24, 2.45) is 0 Å². The third kappa shape index (κ3) is 3.52. The number of carbonyl (C=O) groups is 1. The number of hydrogen-bond acceptors (Lipinski definition) is 5. The molecule has 0 bridgehead atoms. The molecule has 1 aliphatic heterocycles. The average Bonchev–Trinajstić information content (AvgIpc) is 3.11. The van der Waals surface area contributed by atoms with Crippen LogP contribution in [0.15, 0.2) is 47.5 Å². The highest BCUT2D eigenvalue weighted by atomic mass is 16.5. The van der Waals surface area contributed by atoms with Crippen LogP contribution in [0.4, 0.5) is 0 Å². The number of nitrogens with one attached hydrogen (secondary N) is 1. The Kier molecular flexibility index (Phi) is 4.82. The van der Waals surface area contributed by atoms with E-state index in [9.17, 15) is 4.79 Å². The SMILES string of the molecule is O=C(NC[C@@H](c1cccnc1)N1CCOCC1)c1ccoc1. The first-order valence-corrected chi connectivity index (χ1v) is 7.37. The first kappa shape index (κ1) is 14.7. The largest absolute Gasteiger partial charge is 0.472 e. The first-order valence-electron chi connectivity index (χ1n) is 7.37. The second-order valence-electron chi connectivity index (χ2n) is 5.17. The molecule has 1 saturated heterocycles. The summed E-state index contributed by atoms with van der Waals surface area (Å²) in [4.78, 5) is 18.6. The molecule has 0 saturated carbocycles.